The van der Waals surface area contributed by atoms with Crippen LogP contribution in [-0.2, 0) is 6.54 Å². The zero-order valence-electron chi connectivity index (χ0n) is 10.0. The van der Waals surface area contributed by atoms with Gasteiger partial charge in [-0.1, -0.05) is 24.6 Å². The van der Waals surface area contributed by atoms with Gasteiger partial charge >= 0.3 is 0 Å². The molecular weight excluding hydrogens is 255 g/mol. The molecule has 1 aromatic heterocycles. The topological polar surface area (TPSA) is 38.1 Å². The first kappa shape index (κ1) is 13.1. The largest absolute Gasteiger partial charge is 0.444 e. The molecule has 2 aromatic rings. The Bertz CT molecular complexity index is 527. The summed E-state index contributed by atoms with van der Waals surface area (Å²) in [6.07, 6.45) is 2.61. The van der Waals surface area contributed by atoms with Crippen molar-refractivity contribution in [3.8, 4) is 11.5 Å². The van der Waals surface area contributed by atoms with Gasteiger partial charge in [-0.05, 0) is 25.1 Å². The van der Waals surface area contributed by atoms with Crippen molar-refractivity contribution in [2.24, 2.45) is 0 Å². The maximum absolute atomic E-state index is 13.3. The van der Waals surface area contributed by atoms with Crippen molar-refractivity contribution in [3.63, 3.8) is 0 Å². The molecule has 3 nitrogen and oxygen atoms in total. The predicted molar refractivity (Wildman–Crippen MR) is 68.9 cm³/mol. The van der Waals surface area contributed by atoms with Crippen molar-refractivity contribution >= 4 is 11.6 Å². The van der Waals surface area contributed by atoms with Crippen LogP contribution in [0.1, 0.15) is 19.0 Å². The Morgan fingerprint density at radius 3 is 3.06 bits per heavy atom. The molecule has 0 bridgehead atoms. The summed E-state index contributed by atoms with van der Waals surface area (Å²) in [4.78, 5) is 4.27. The number of oxazole rings is 1. The summed E-state index contributed by atoms with van der Waals surface area (Å²) >= 11 is 5.87. The minimum atomic E-state index is -0.474. The Labute approximate surface area is 110 Å². The molecule has 0 aliphatic carbocycles. The van der Waals surface area contributed by atoms with Crippen LogP contribution in [0.3, 0.4) is 0 Å². The van der Waals surface area contributed by atoms with Crippen LogP contribution < -0.4 is 5.32 Å². The molecule has 0 saturated heterocycles. The molecule has 2 rings (SSSR count). The van der Waals surface area contributed by atoms with Crippen LogP contribution in [-0.4, -0.2) is 11.5 Å². The molecule has 0 aliphatic heterocycles. The molecule has 0 fully saturated rings. The number of benzene rings is 1. The number of rotatable bonds is 5. The Hall–Kier alpha value is -1.39. The van der Waals surface area contributed by atoms with E-state index in [0.29, 0.717) is 18.0 Å². The Kier molecular flexibility index (Phi) is 4.33. The van der Waals surface area contributed by atoms with E-state index >= 15 is 0 Å². The number of nitrogens with one attached hydrogen (secondary N) is 1. The van der Waals surface area contributed by atoms with Crippen molar-refractivity contribution in [1.29, 1.82) is 0 Å². The van der Waals surface area contributed by atoms with Crippen LogP contribution >= 0.6 is 11.6 Å². The molecule has 1 N–H and O–H groups in total. The van der Waals surface area contributed by atoms with Crippen LogP contribution in [0.4, 0.5) is 4.39 Å². The van der Waals surface area contributed by atoms with E-state index in [1.54, 1.807) is 18.4 Å². The highest BCUT2D eigenvalue weighted by Gasteiger charge is 2.12. The van der Waals surface area contributed by atoms with Crippen molar-refractivity contribution in [2.45, 2.75) is 19.9 Å². The average molecular weight is 269 g/mol. The van der Waals surface area contributed by atoms with E-state index in [4.69, 9.17) is 16.0 Å². The highest BCUT2D eigenvalue weighted by atomic mass is 35.5. The molecule has 0 radical (unpaired) electrons. The summed E-state index contributed by atoms with van der Waals surface area (Å²) in [6, 6.07) is 4.56. The first-order valence-electron chi connectivity index (χ1n) is 5.82. The Morgan fingerprint density at radius 1 is 1.44 bits per heavy atom. The Balaban J connectivity index is 2.16. The van der Waals surface area contributed by atoms with Gasteiger partial charge in [0.15, 0.2) is 0 Å². The normalized spacial score (nSPS) is 10.8. The monoisotopic (exact) mass is 268 g/mol. The van der Waals surface area contributed by atoms with E-state index in [1.165, 1.54) is 6.07 Å². The van der Waals surface area contributed by atoms with E-state index in [9.17, 15) is 4.39 Å². The van der Waals surface area contributed by atoms with E-state index in [-0.39, 0.29) is 5.02 Å². The van der Waals surface area contributed by atoms with E-state index in [2.05, 4.69) is 17.2 Å². The molecule has 0 aliphatic rings. The van der Waals surface area contributed by atoms with Crippen molar-refractivity contribution in [3.05, 3.63) is 41.0 Å². The van der Waals surface area contributed by atoms with Crippen LogP contribution in [0.15, 0.2) is 28.9 Å². The van der Waals surface area contributed by atoms with Crippen LogP contribution in [0.25, 0.3) is 11.5 Å². The molecular formula is C13H14ClFN2O. The highest BCUT2D eigenvalue weighted by Crippen LogP contribution is 2.29. The lowest BCUT2D eigenvalue weighted by molar-refractivity contribution is 0.568. The standard InChI is InChI=1S/C13H14ClFN2O/c1-2-6-16-7-9-8-18-13(17-9)10-4-3-5-11(15)12(10)14/h3-5,8,16H,2,6-7H2,1H3. The van der Waals surface area contributed by atoms with Crippen LogP contribution in [0, 0.1) is 5.82 Å². The van der Waals surface area contributed by atoms with Gasteiger partial charge in [-0.25, -0.2) is 9.37 Å². The zero-order chi connectivity index (χ0) is 13.0. The summed E-state index contributed by atoms with van der Waals surface area (Å²) in [5.74, 6) is -0.133. The highest BCUT2D eigenvalue weighted by molar-refractivity contribution is 6.33. The maximum atomic E-state index is 13.3. The van der Waals surface area contributed by atoms with Crippen molar-refractivity contribution in [1.82, 2.24) is 10.3 Å². The van der Waals surface area contributed by atoms with Gasteiger partial charge in [0.05, 0.1) is 16.3 Å². The van der Waals surface area contributed by atoms with Crippen molar-refractivity contribution < 1.29 is 8.81 Å². The quantitative estimate of drug-likeness (QED) is 0.842. The third-order valence-electron chi connectivity index (χ3n) is 2.47. The molecule has 0 saturated carbocycles. The van der Waals surface area contributed by atoms with Gasteiger partial charge in [-0.3, -0.25) is 0 Å². The molecule has 96 valence electrons. The number of nitrogens with zero attached hydrogens (tertiary/aromatic N) is 1. The van der Waals surface area contributed by atoms with Gasteiger partial charge in [0.2, 0.25) is 5.89 Å². The summed E-state index contributed by atoms with van der Waals surface area (Å²) < 4.78 is 18.6. The molecule has 0 unspecified atom stereocenters. The molecule has 0 spiro atoms. The minimum absolute atomic E-state index is 0.0346. The molecule has 0 atom stereocenters. The lowest BCUT2D eigenvalue weighted by Gasteiger charge is -2.00. The van der Waals surface area contributed by atoms with Gasteiger partial charge in [0, 0.05) is 6.54 Å². The van der Waals surface area contributed by atoms with Gasteiger partial charge in [0.1, 0.15) is 12.1 Å². The molecule has 0 amide bonds. The smallest absolute Gasteiger partial charge is 0.227 e. The minimum Gasteiger partial charge on any atom is -0.444 e. The SMILES string of the molecule is CCCNCc1coc(-c2cccc(F)c2Cl)n1. The fourth-order valence-electron chi connectivity index (χ4n) is 1.57. The number of halogens is 2. The van der Waals surface area contributed by atoms with E-state index < -0.39 is 5.82 Å². The predicted octanol–water partition coefficient (Wildman–Crippen LogP) is 3.63. The summed E-state index contributed by atoms with van der Waals surface area (Å²) in [5.41, 5.74) is 1.25. The molecule has 5 heteroatoms. The maximum Gasteiger partial charge on any atom is 0.227 e. The van der Waals surface area contributed by atoms with E-state index in [0.717, 1.165) is 18.7 Å². The average Bonchev–Trinajstić information content (AvgIpc) is 2.82. The van der Waals surface area contributed by atoms with Gasteiger partial charge in [-0.2, -0.15) is 0 Å². The summed E-state index contributed by atoms with van der Waals surface area (Å²) in [6.45, 7) is 3.64. The van der Waals surface area contributed by atoms with Gasteiger partial charge in [0.25, 0.3) is 0 Å². The van der Waals surface area contributed by atoms with Gasteiger partial charge < -0.3 is 9.73 Å². The lowest BCUT2D eigenvalue weighted by Crippen LogP contribution is -2.13. The lowest BCUT2D eigenvalue weighted by atomic mass is 10.2. The fraction of sp³-hybridized carbons (Fsp3) is 0.308. The second kappa shape index (κ2) is 5.98. The number of hydrogen-bond donors (Lipinski definition) is 1. The third kappa shape index (κ3) is 2.89. The number of hydrogen-bond acceptors (Lipinski definition) is 3. The van der Waals surface area contributed by atoms with Crippen LogP contribution in [0.5, 0.6) is 0 Å². The summed E-state index contributed by atoms with van der Waals surface area (Å²) in [5, 5.41) is 3.25. The van der Waals surface area contributed by atoms with Crippen molar-refractivity contribution in [2.75, 3.05) is 6.54 Å². The van der Waals surface area contributed by atoms with Gasteiger partial charge in [-0.15, -0.1) is 0 Å². The fourth-order valence-corrected chi connectivity index (χ4v) is 1.78. The first-order chi connectivity index (χ1) is 8.72. The molecule has 18 heavy (non-hydrogen) atoms. The Morgan fingerprint density at radius 2 is 2.28 bits per heavy atom. The van der Waals surface area contributed by atoms with E-state index in [1.807, 2.05) is 0 Å². The number of aromatic nitrogens is 1. The molecule has 1 heterocycles. The third-order valence-corrected chi connectivity index (χ3v) is 2.85. The zero-order valence-corrected chi connectivity index (χ0v) is 10.8. The summed E-state index contributed by atoms with van der Waals surface area (Å²) in [7, 11) is 0. The second-order valence-corrected chi connectivity index (χ2v) is 4.30. The van der Waals surface area contributed by atoms with Crippen LogP contribution in [0.2, 0.25) is 5.02 Å². The second-order valence-electron chi connectivity index (χ2n) is 3.92. The molecule has 1 aromatic carbocycles. The first-order valence-corrected chi connectivity index (χ1v) is 6.19.